The first-order chi connectivity index (χ1) is 11.7. The molecule has 8 atom stereocenters. The molecule has 4 nitrogen and oxygen atoms in total. The summed E-state index contributed by atoms with van der Waals surface area (Å²) < 4.78 is 0. The number of aliphatic hydroxyl groups excluding tert-OH is 2. The molecule has 25 heavy (non-hydrogen) atoms. The summed E-state index contributed by atoms with van der Waals surface area (Å²) >= 11 is 0. The number of ketones is 2. The van der Waals surface area contributed by atoms with Crippen LogP contribution in [0.5, 0.6) is 0 Å². The van der Waals surface area contributed by atoms with Crippen molar-refractivity contribution in [3.05, 3.63) is 11.6 Å². The zero-order chi connectivity index (χ0) is 18.1. The van der Waals surface area contributed by atoms with Gasteiger partial charge in [0.2, 0.25) is 0 Å². The number of aliphatic hydroxyl groups is 2. The standard InChI is InChI=1S/C21H30O4/c1-4-13-18(24)19(25)17-16-14(6-8-21(13,17)3)20(2)7-5-12(22)9-11(20)10-15(16)23/h9,13-17,19,23,25H,4-8,10H2,1-3H3/t13-,14-,15-,16-,17+,19-,20-,21+/m0/s1. The van der Waals surface area contributed by atoms with Crippen LogP contribution >= 0.6 is 0 Å². The van der Waals surface area contributed by atoms with E-state index in [0.717, 1.165) is 31.3 Å². The lowest BCUT2D eigenvalue weighted by Crippen LogP contribution is -2.57. The van der Waals surface area contributed by atoms with Gasteiger partial charge in [0.05, 0.1) is 6.10 Å². The second-order valence-corrected chi connectivity index (χ2v) is 9.39. The quantitative estimate of drug-likeness (QED) is 0.765. The fourth-order valence-electron chi connectivity index (χ4n) is 7.17. The summed E-state index contributed by atoms with van der Waals surface area (Å²) in [7, 11) is 0. The van der Waals surface area contributed by atoms with Gasteiger partial charge in [-0.2, -0.15) is 0 Å². The average molecular weight is 346 g/mol. The average Bonchev–Trinajstić information content (AvgIpc) is 2.75. The molecule has 4 aliphatic rings. The summed E-state index contributed by atoms with van der Waals surface area (Å²) in [4.78, 5) is 24.6. The molecule has 0 heterocycles. The van der Waals surface area contributed by atoms with Gasteiger partial charge >= 0.3 is 0 Å². The lowest BCUT2D eigenvalue weighted by atomic mass is 9.46. The molecule has 0 saturated heterocycles. The zero-order valence-electron chi connectivity index (χ0n) is 15.5. The van der Waals surface area contributed by atoms with Gasteiger partial charge in [-0.05, 0) is 60.8 Å². The molecular weight excluding hydrogens is 316 g/mol. The van der Waals surface area contributed by atoms with E-state index in [1.807, 2.05) is 6.92 Å². The zero-order valence-corrected chi connectivity index (χ0v) is 15.5. The van der Waals surface area contributed by atoms with Crippen molar-refractivity contribution in [1.82, 2.24) is 0 Å². The Kier molecular flexibility index (Phi) is 3.83. The van der Waals surface area contributed by atoms with Crippen LogP contribution < -0.4 is 0 Å². The molecular formula is C21H30O4. The molecule has 0 amide bonds. The molecule has 138 valence electrons. The van der Waals surface area contributed by atoms with Gasteiger partial charge in [-0.3, -0.25) is 9.59 Å². The lowest BCUT2D eigenvalue weighted by Gasteiger charge is -2.59. The van der Waals surface area contributed by atoms with Crippen molar-refractivity contribution in [1.29, 1.82) is 0 Å². The van der Waals surface area contributed by atoms with Crippen molar-refractivity contribution in [2.45, 2.75) is 71.5 Å². The molecule has 4 heteroatoms. The van der Waals surface area contributed by atoms with E-state index in [-0.39, 0.29) is 46.1 Å². The van der Waals surface area contributed by atoms with Crippen molar-refractivity contribution in [3.8, 4) is 0 Å². The third kappa shape index (κ3) is 2.13. The fraction of sp³-hybridized carbons (Fsp3) is 0.810. The molecule has 0 aromatic heterocycles. The van der Waals surface area contributed by atoms with Gasteiger partial charge in [0.15, 0.2) is 11.6 Å². The number of hydrogen-bond donors (Lipinski definition) is 2. The van der Waals surface area contributed by atoms with Crippen LogP contribution in [0.15, 0.2) is 11.6 Å². The maximum Gasteiger partial charge on any atom is 0.165 e. The Labute approximate surface area is 149 Å². The van der Waals surface area contributed by atoms with Crippen molar-refractivity contribution >= 4 is 11.6 Å². The van der Waals surface area contributed by atoms with Crippen molar-refractivity contribution in [3.63, 3.8) is 0 Å². The van der Waals surface area contributed by atoms with E-state index in [1.165, 1.54) is 0 Å². The summed E-state index contributed by atoms with van der Waals surface area (Å²) in [6.45, 7) is 6.42. The first kappa shape index (κ1) is 17.4. The highest BCUT2D eigenvalue weighted by Crippen LogP contribution is 2.66. The van der Waals surface area contributed by atoms with Crippen LogP contribution in [0.4, 0.5) is 0 Å². The highest BCUT2D eigenvalue weighted by molar-refractivity contribution is 5.92. The lowest BCUT2D eigenvalue weighted by molar-refractivity contribution is -0.137. The summed E-state index contributed by atoms with van der Waals surface area (Å²) in [5.74, 6) is 0.0819. The third-order valence-corrected chi connectivity index (χ3v) is 8.47. The maximum absolute atomic E-state index is 12.7. The third-order valence-electron chi connectivity index (χ3n) is 8.47. The van der Waals surface area contributed by atoms with Gasteiger partial charge in [0.25, 0.3) is 0 Å². The number of Topliss-reactive ketones (excluding diaryl/α,β-unsaturated/α-hetero) is 1. The van der Waals surface area contributed by atoms with Gasteiger partial charge in [0, 0.05) is 18.3 Å². The van der Waals surface area contributed by atoms with Crippen LogP contribution in [-0.4, -0.2) is 34.0 Å². The van der Waals surface area contributed by atoms with Crippen LogP contribution in [0.2, 0.25) is 0 Å². The minimum atomic E-state index is -0.947. The molecule has 0 aromatic carbocycles. The van der Waals surface area contributed by atoms with Gasteiger partial charge < -0.3 is 10.2 Å². The molecule has 0 bridgehead atoms. The van der Waals surface area contributed by atoms with E-state index in [2.05, 4.69) is 13.8 Å². The minimum Gasteiger partial charge on any atom is -0.392 e. The minimum absolute atomic E-state index is 0.0202. The van der Waals surface area contributed by atoms with Gasteiger partial charge in [-0.25, -0.2) is 0 Å². The fourth-order valence-corrected chi connectivity index (χ4v) is 7.17. The molecule has 0 unspecified atom stereocenters. The SMILES string of the molecule is CC[C@H]1C(=O)[C@@H](O)[C@H]2[C@@H]3[C@@H](O)CC4=CC(=O)CC[C@]4(C)[C@H]3CC[C@@]21C. The van der Waals surface area contributed by atoms with Crippen LogP contribution in [0, 0.1) is 34.5 Å². The van der Waals surface area contributed by atoms with E-state index in [4.69, 9.17) is 0 Å². The van der Waals surface area contributed by atoms with E-state index >= 15 is 0 Å². The maximum atomic E-state index is 12.7. The van der Waals surface area contributed by atoms with E-state index in [0.29, 0.717) is 12.8 Å². The van der Waals surface area contributed by atoms with Gasteiger partial charge in [-0.15, -0.1) is 0 Å². The molecule has 2 N–H and O–H groups in total. The van der Waals surface area contributed by atoms with Crippen molar-refractivity contribution < 1.29 is 19.8 Å². The number of hydrogen-bond acceptors (Lipinski definition) is 4. The Hall–Kier alpha value is -1.00. The number of fused-ring (bicyclic) bond motifs is 5. The van der Waals surface area contributed by atoms with E-state index in [1.54, 1.807) is 6.08 Å². The molecule has 0 spiro atoms. The molecule has 4 rings (SSSR count). The highest BCUT2D eigenvalue weighted by Gasteiger charge is 2.66. The van der Waals surface area contributed by atoms with Crippen molar-refractivity contribution in [2.75, 3.05) is 0 Å². The Bertz CT molecular complexity index is 652. The topological polar surface area (TPSA) is 74.6 Å². The Morgan fingerprint density at radius 2 is 1.92 bits per heavy atom. The summed E-state index contributed by atoms with van der Waals surface area (Å²) in [6, 6.07) is 0. The van der Waals surface area contributed by atoms with E-state index < -0.39 is 12.2 Å². The molecule has 0 aliphatic heterocycles. The van der Waals surface area contributed by atoms with Crippen LogP contribution in [-0.2, 0) is 9.59 Å². The molecule has 0 radical (unpaired) electrons. The predicted octanol–water partition coefficient (Wildman–Crippen LogP) is 2.67. The first-order valence-electron chi connectivity index (χ1n) is 9.87. The Balaban J connectivity index is 1.78. The highest BCUT2D eigenvalue weighted by atomic mass is 16.3. The molecule has 0 aromatic rings. The monoisotopic (exact) mass is 346 g/mol. The predicted molar refractivity (Wildman–Crippen MR) is 93.7 cm³/mol. The second-order valence-electron chi connectivity index (χ2n) is 9.39. The van der Waals surface area contributed by atoms with E-state index in [9.17, 15) is 19.8 Å². The molecule has 4 aliphatic carbocycles. The largest absolute Gasteiger partial charge is 0.392 e. The van der Waals surface area contributed by atoms with Gasteiger partial charge in [-0.1, -0.05) is 26.3 Å². The van der Waals surface area contributed by atoms with Crippen LogP contribution in [0.3, 0.4) is 0 Å². The van der Waals surface area contributed by atoms with Crippen molar-refractivity contribution in [2.24, 2.45) is 34.5 Å². The number of carbonyl (C=O) groups is 2. The number of rotatable bonds is 1. The molecule has 3 saturated carbocycles. The first-order valence-corrected chi connectivity index (χ1v) is 9.87. The summed E-state index contributed by atoms with van der Waals surface area (Å²) in [5, 5.41) is 21.8. The van der Waals surface area contributed by atoms with Crippen LogP contribution in [0.25, 0.3) is 0 Å². The summed E-state index contributed by atoms with van der Waals surface area (Å²) in [5.41, 5.74) is 0.800. The van der Waals surface area contributed by atoms with Crippen LogP contribution in [0.1, 0.15) is 59.3 Å². The second kappa shape index (κ2) is 5.50. The van der Waals surface area contributed by atoms with Gasteiger partial charge in [0.1, 0.15) is 6.10 Å². The molecule has 3 fully saturated rings. The Morgan fingerprint density at radius 1 is 1.20 bits per heavy atom. The smallest absolute Gasteiger partial charge is 0.165 e. The number of carbonyl (C=O) groups excluding carboxylic acids is 2. The summed E-state index contributed by atoms with van der Waals surface area (Å²) in [6.07, 6.45) is 4.80. The normalized spacial score (nSPS) is 52.3. The Morgan fingerprint density at radius 3 is 2.60 bits per heavy atom.